The number of aromatic nitrogens is 1. The van der Waals surface area contributed by atoms with Crippen LogP contribution in [0.25, 0.3) is 0 Å². The molecule has 0 saturated heterocycles. The largest absolute Gasteiger partial charge is 0.459 e. The second kappa shape index (κ2) is 7.23. The van der Waals surface area contributed by atoms with E-state index in [2.05, 4.69) is 15.6 Å². The smallest absolute Gasteiger partial charge is 0.291 e. The molecule has 1 aromatic carbocycles. The van der Waals surface area contributed by atoms with Crippen LogP contribution in [-0.2, 0) is 6.54 Å². The van der Waals surface area contributed by atoms with Gasteiger partial charge in [-0.3, -0.25) is 14.6 Å². The van der Waals surface area contributed by atoms with Crippen molar-refractivity contribution >= 4 is 17.5 Å². The zero-order valence-electron chi connectivity index (χ0n) is 12.7. The predicted molar refractivity (Wildman–Crippen MR) is 88.5 cm³/mol. The number of rotatable bonds is 5. The predicted octanol–water partition coefficient (Wildman–Crippen LogP) is 2.86. The lowest BCUT2D eigenvalue weighted by atomic mass is 10.2. The van der Waals surface area contributed by atoms with E-state index < -0.39 is 0 Å². The monoisotopic (exact) mass is 321 g/mol. The molecule has 0 unspecified atom stereocenters. The molecule has 24 heavy (non-hydrogen) atoms. The average molecular weight is 321 g/mol. The first-order valence-corrected chi connectivity index (χ1v) is 7.34. The van der Waals surface area contributed by atoms with Crippen LogP contribution >= 0.6 is 0 Å². The molecule has 6 nitrogen and oxygen atoms in total. The molecule has 0 spiro atoms. The Kier molecular flexibility index (Phi) is 4.67. The van der Waals surface area contributed by atoms with Crippen molar-refractivity contribution in [2.45, 2.75) is 6.54 Å². The number of anilines is 1. The van der Waals surface area contributed by atoms with E-state index >= 15 is 0 Å². The van der Waals surface area contributed by atoms with Crippen molar-refractivity contribution in [3.8, 4) is 0 Å². The first kappa shape index (κ1) is 15.5. The van der Waals surface area contributed by atoms with Crippen molar-refractivity contribution in [2.75, 3.05) is 5.32 Å². The highest BCUT2D eigenvalue weighted by molar-refractivity contribution is 6.02. The quantitative estimate of drug-likeness (QED) is 0.757. The molecule has 0 saturated carbocycles. The number of nitrogens with one attached hydrogen (secondary N) is 2. The Labute approximate surface area is 138 Å². The topological polar surface area (TPSA) is 84.2 Å². The van der Waals surface area contributed by atoms with Crippen LogP contribution in [0.5, 0.6) is 0 Å². The number of hydrogen-bond acceptors (Lipinski definition) is 4. The number of pyridine rings is 1. The number of carbonyl (C=O) groups is 2. The summed E-state index contributed by atoms with van der Waals surface area (Å²) < 4.78 is 5.02. The maximum atomic E-state index is 12.1. The highest BCUT2D eigenvalue weighted by atomic mass is 16.3. The van der Waals surface area contributed by atoms with Gasteiger partial charge in [0.25, 0.3) is 11.8 Å². The molecule has 2 aromatic heterocycles. The molecule has 0 aliphatic heterocycles. The minimum Gasteiger partial charge on any atom is -0.459 e. The summed E-state index contributed by atoms with van der Waals surface area (Å²) in [6.45, 7) is 0.429. The van der Waals surface area contributed by atoms with Crippen molar-refractivity contribution in [1.29, 1.82) is 0 Å². The summed E-state index contributed by atoms with van der Waals surface area (Å²) in [6, 6.07) is 13.5. The highest BCUT2D eigenvalue weighted by Gasteiger charge is 2.10. The standard InChI is InChI=1S/C18H15N3O3/c22-17(20-12-13-7-9-19-10-8-13)14-3-5-15(6-4-14)21-18(23)16-2-1-11-24-16/h1-11H,12H2,(H,20,22)(H,21,23). The Morgan fingerprint density at radius 2 is 1.71 bits per heavy atom. The van der Waals surface area contributed by atoms with E-state index in [1.807, 2.05) is 12.1 Å². The normalized spacial score (nSPS) is 10.2. The summed E-state index contributed by atoms with van der Waals surface area (Å²) in [5.74, 6) is -0.292. The molecule has 120 valence electrons. The van der Waals surface area contributed by atoms with Gasteiger partial charge >= 0.3 is 0 Å². The van der Waals surface area contributed by atoms with E-state index in [-0.39, 0.29) is 17.6 Å². The first-order valence-electron chi connectivity index (χ1n) is 7.34. The fourth-order valence-corrected chi connectivity index (χ4v) is 2.09. The van der Waals surface area contributed by atoms with Crippen LogP contribution < -0.4 is 10.6 Å². The van der Waals surface area contributed by atoms with Crippen LogP contribution in [0.15, 0.2) is 71.6 Å². The maximum Gasteiger partial charge on any atom is 0.291 e. The average Bonchev–Trinajstić information content (AvgIpc) is 3.16. The number of furan rings is 1. The number of benzene rings is 1. The van der Waals surface area contributed by atoms with Crippen LogP contribution in [0.3, 0.4) is 0 Å². The molecule has 0 aliphatic rings. The molecule has 0 fully saturated rings. The van der Waals surface area contributed by atoms with Crippen molar-refractivity contribution in [3.05, 3.63) is 84.1 Å². The Morgan fingerprint density at radius 1 is 0.958 bits per heavy atom. The summed E-state index contributed by atoms with van der Waals surface area (Å²) in [6.07, 6.45) is 4.79. The van der Waals surface area contributed by atoms with Gasteiger partial charge in [0.2, 0.25) is 0 Å². The molecule has 0 aliphatic carbocycles. The van der Waals surface area contributed by atoms with Crippen molar-refractivity contribution in [3.63, 3.8) is 0 Å². The zero-order chi connectivity index (χ0) is 16.8. The Balaban J connectivity index is 1.57. The van der Waals surface area contributed by atoms with Gasteiger partial charge in [-0.15, -0.1) is 0 Å². The highest BCUT2D eigenvalue weighted by Crippen LogP contribution is 2.12. The van der Waals surface area contributed by atoms with Crippen LogP contribution in [0.1, 0.15) is 26.5 Å². The van der Waals surface area contributed by atoms with E-state index in [1.54, 1.807) is 48.8 Å². The van der Waals surface area contributed by atoms with Gasteiger partial charge in [-0.05, 0) is 54.1 Å². The second-order valence-electron chi connectivity index (χ2n) is 5.05. The molecule has 6 heteroatoms. The van der Waals surface area contributed by atoms with Gasteiger partial charge in [-0.25, -0.2) is 0 Å². The minimum atomic E-state index is -0.338. The van der Waals surface area contributed by atoms with Gasteiger partial charge in [0.1, 0.15) is 0 Å². The Hall–Kier alpha value is -3.41. The molecule has 0 bridgehead atoms. The maximum absolute atomic E-state index is 12.1. The summed E-state index contributed by atoms with van der Waals surface area (Å²) in [7, 11) is 0. The van der Waals surface area contributed by atoms with Crippen molar-refractivity contribution in [1.82, 2.24) is 10.3 Å². The van der Waals surface area contributed by atoms with Crippen molar-refractivity contribution < 1.29 is 14.0 Å². The summed E-state index contributed by atoms with van der Waals surface area (Å²) in [5, 5.41) is 5.53. The molecule has 3 aromatic rings. The third-order valence-corrected chi connectivity index (χ3v) is 3.35. The Morgan fingerprint density at radius 3 is 2.38 bits per heavy atom. The fraction of sp³-hybridized carbons (Fsp3) is 0.0556. The van der Waals surface area contributed by atoms with E-state index in [1.165, 1.54) is 6.26 Å². The lowest BCUT2D eigenvalue weighted by Crippen LogP contribution is -2.22. The van der Waals surface area contributed by atoms with E-state index in [9.17, 15) is 9.59 Å². The van der Waals surface area contributed by atoms with Gasteiger partial charge in [-0.2, -0.15) is 0 Å². The lowest BCUT2D eigenvalue weighted by Gasteiger charge is -2.07. The van der Waals surface area contributed by atoms with Gasteiger partial charge in [0.15, 0.2) is 5.76 Å². The van der Waals surface area contributed by atoms with Crippen LogP contribution in [0.2, 0.25) is 0 Å². The van der Waals surface area contributed by atoms with Crippen LogP contribution in [0, 0.1) is 0 Å². The Bertz CT molecular complexity index is 812. The lowest BCUT2D eigenvalue weighted by molar-refractivity contribution is 0.0950. The van der Waals surface area contributed by atoms with Gasteiger partial charge in [0.05, 0.1) is 6.26 Å². The second-order valence-corrected chi connectivity index (χ2v) is 5.05. The molecular formula is C18H15N3O3. The number of carbonyl (C=O) groups excluding carboxylic acids is 2. The molecule has 2 amide bonds. The molecule has 0 atom stereocenters. The number of nitrogens with zero attached hydrogens (tertiary/aromatic N) is 1. The molecule has 3 rings (SSSR count). The van der Waals surface area contributed by atoms with Gasteiger partial charge < -0.3 is 15.1 Å². The van der Waals surface area contributed by atoms with E-state index in [0.29, 0.717) is 17.8 Å². The third kappa shape index (κ3) is 3.86. The summed E-state index contributed by atoms with van der Waals surface area (Å²) >= 11 is 0. The van der Waals surface area contributed by atoms with Crippen LogP contribution in [0.4, 0.5) is 5.69 Å². The molecule has 2 heterocycles. The minimum absolute atomic E-state index is 0.185. The third-order valence-electron chi connectivity index (χ3n) is 3.35. The number of hydrogen-bond donors (Lipinski definition) is 2. The molecule has 2 N–H and O–H groups in total. The zero-order valence-corrected chi connectivity index (χ0v) is 12.7. The van der Waals surface area contributed by atoms with E-state index in [4.69, 9.17) is 4.42 Å². The fourth-order valence-electron chi connectivity index (χ4n) is 2.09. The van der Waals surface area contributed by atoms with Gasteiger partial charge in [0, 0.05) is 30.2 Å². The first-order chi connectivity index (χ1) is 11.7. The number of amides is 2. The van der Waals surface area contributed by atoms with E-state index in [0.717, 1.165) is 5.56 Å². The molecular weight excluding hydrogens is 306 g/mol. The molecule has 0 radical (unpaired) electrons. The van der Waals surface area contributed by atoms with Gasteiger partial charge in [-0.1, -0.05) is 0 Å². The van der Waals surface area contributed by atoms with Crippen molar-refractivity contribution in [2.24, 2.45) is 0 Å². The van der Waals surface area contributed by atoms with Crippen LogP contribution in [-0.4, -0.2) is 16.8 Å². The summed E-state index contributed by atoms with van der Waals surface area (Å²) in [5.41, 5.74) is 2.07. The SMILES string of the molecule is O=C(NCc1ccncc1)c1ccc(NC(=O)c2ccco2)cc1. The summed E-state index contributed by atoms with van der Waals surface area (Å²) in [4.78, 5) is 27.9.